The molecule has 4 aliphatic carbocycles. The average molecular weight is 370 g/mol. The summed E-state index contributed by atoms with van der Waals surface area (Å²) in [6, 6.07) is 6.48. The molecule has 146 valence electrons. The summed E-state index contributed by atoms with van der Waals surface area (Å²) in [5, 5.41) is 33.7. The number of aliphatic hydroxyl groups excluding tert-OH is 1. The Morgan fingerprint density at radius 1 is 1.26 bits per heavy atom. The van der Waals surface area contributed by atoms with Gasteiger partial charge in [0.05, 0.1) is 11.7 Å². The van der Waals surface area contributed by atoms with Crippen LogP contribution in [0.15, 0.2) is 18.2 Å². The fourth-order valence-corrected chi connectivity index (χ4v) is 8.62. The van der Waals surface area contributed by atoms with Crippen molar-refractivity contribution in [3.63, 3.8) is 0 Å². The van der Waals surface area contributed by atoms with E-state index in [0.29, 0.717) is 30.7 Å². The predicted molar refractivity (Wildman–Crippen MR) is 103 cm³/mol. The van der Waals surface area contributed by atoms with Crippen molar-refractivity contribution in [2.45, 2.75) is 75.2 Å². The highest BCUT2D eigenvalue weighted by Gasteiger charge is 2.97. The third kappa shape index (κ3) is 1.58. The number of aliphatic hydroxyl groups is 2. The van der Waals surface area contributed by atoms with E-state index >= 15 is 0 Å². The Kier molecular flexibility index (Phi) is 2.94. The molecule has 8 atom stereocenters. The lowest BCUT2D eigenvalue weighted by Gasteiger charge is -2.61. The maximum absolute atomic E-state index is 12.3. The van der Waals surface area contributed by atoms with Crippen molar-refractivity contribution in [2.75, 3.05) is 7.05 Å². The number of hydrogen-bond donors (Lipinski definition) is 3. The zero-order chi connectivity index (χ0) is 18.9. The monoisotopic (exact) mass is 369 g/mol. The quantitative estimate of drug-likeness (QED) is 0.766. The molecule has 3 N–H and O–H groups in total. The molecule has 0 aromatic heterocycles. The Balaban J connectivity index is 1.48. The molecule has 1 aromatic rings. The lowest BCUT2D eigenvalue weighted by atomic mass is 9.52. The molecule has 4 nitrogen and oxygen atoms in total. The van der Waals surface area contributed by atoms with E-state index in [-0.39, 0.29) is 34.6 Å². The van der Waals surface area contributed by atoms with Gasteiger partial charge >= 0.3 is 0 Å². The SMILES string of the molecule is CC(C)CC[C@H]1C[C@@]2(O)[C@@H]3N(C)C4C5C43Cc3ccc(O)cc3[C@]52C[C@H]1O. The van der Waals surface area contributed by atoms with Gasteiger partial charge in [-0.25, -0.2) is 0 Å². The van der Waals surface area contributed by atoms with E-state index in [1.807, 2.05) is 6.07 Å². The standard InChI is InChI=1S/C23H31NO3/c1-12(2)4-5-14-10-23(27)20-21-9-13-6-7-15(25)8-16(13)22(23,11-17(14)26)18(21)19(21)24(20)3/h6-8,12,14,17-20,25-27H,4-5,9-11H2,1-3H3/t14-,17+,18?,19?,20+,21?,22+,23+/m0/s1. The maximum Gasteiger partial charge on any atom is 0.115 e. The van der Waals surface area contributed by atoms with Gasteiger partial charge in [0.25, 0.3) is 0 Å². The van der Waals surface area contributed by atoms with Crippen LogP contribution in [0, 0.1) is 23.2 Å². The number of likely N-dealkylation sites (N-methyl/N-ethyl adjacent to an activating group) is 1. The highest BCUT2D eigenvalue weighted by Crippen LogP contribution is 2.88. The summed E-state index contributed by atoms with van der Waals surface area (Å²) in [4.78, 5) is 2.42. The van der Waals surface area contributed by atoms with Gasteiger partial charge in [0.15, 0.2) is 0 Å². The highest BCUT2D eigenvalue weighted by molar-refractivity contribution is 5.61. The summed E-state index contributed by atoms with van der Waals surface area (Å²) >= 11 is 0. The fraction of sp³-hybridized carbons (Fsp3) is 0.739. The third-order valence-electron chi connectivity index (χ3n) is 9.28. The van der Waals surface area contributed by atoms with Gasteiger partial charge in [0.1, 0.15) is 5.75 Å². The number of rotatable bonds is 3. The molecule has 2 spiro atoms. The van der Waals surface area contributed by atoms with Crippen LogP contribution < -0.4 is 0 Å². The number of fused-ring (bicyclic) bond motifs is 2. The van der Waals surface area contributed by atoms with E-state index in [4.69, 9.17) is 0 Å². The van der Waals surface area contributed by atoms with Crippen molar-refractivity contribution < 1.29 is 15.3 Å². The second kappa shape index (κ2) is 4.72. The Hall–Kier alpha value is -1.10. The van der Waals surface area contributed by atoms with Crippen LogP contribution in [0.1, 0.15) is 50.7 Å². The molecule has 1 aromatic carbocycles. The van der Waals surface area contributed by atoms with Crippen LogP contribution in [-0.2, 0) is 11.8 Å². The zero-order valence-corrected chi connectivity index (χ0v) is 16.5. The molecule has 5 aliphatic rings. The van der Waals surface area contributed by atoms with Crippen molar-refractivity contribution in [2.24, 2.45) is 23.2 Å². The molecule has 27 heavy (non-hydrogen) atoms. The van der Waals surface area contributed by atoms with Gasteiger partial charge in [-0.3, -0.25) is 4.90 Å². The maximum atomic E-state index is 12.3. The van der Waals surface area contributed by atoms with Crippen LogP contribution in [0.3, 0.4) is 0 Å². The number of likely N-dealkylation sites (tertiary alicyclic amines) is 1. The van der Waals surface area contributed by atoms with Crippen molar-refractivity contribution in [3.8, 4) is 5.75 Å². The largest absolute Gasteiger partial charge is 0.508 e. The molecule has 0 radical (unpaired) electrons. The molecule has 4 heteroatoms. The second-order valence-corrected chi connectivity index (χ2v) is 10.7. The van der Waals surface area contributed by atoms with Crippen molar-refractivity contribution in [3.05, 3.63) is 29.3 Å². The summed E-state index contributed by atoms with van der Waals surface area (Å²) in [5.41, 5.74) is 1.45. The molecule has 3 unspecified atom stereocenters. The van der Waals surface area contributed by atoms with E-state index in [0.717, 1.165) is 24.8 Å². The van der Waals surface area contributed by atoms with E-state index in [1.54, 1.807) is 6.07 Å². The first-order chi connectivity index (χ1) is 12.8. The number of nitrogens with zero attached hydrogens (tertiary/aromatic N) is 1. The van der Waals surface area contributed by atoms with Gasteiger partial charge in [0, 0.05) is 22.9 Å². The minimum Gasteiger partial charge on any atom is -0.508 e. The Morgan fingerprint density at radius 3 is 2.78 bits per heavy atom. The van der Waals surface area contributed by atoms with Gasteiger partial charge in [-0.2, -0.15) is 0 Å². The molecule has 1 aliphatic heterocycles. The van der Waals surface area contributed by atoms with Crippen molar-refractivity contribution in [1.29, 1.82) is 0 Å². The first kappa shape index (κ1) is 16.8. The van der Waals surface area contributed by atoms with E-state index in [1.165, 1.54) is 5.56 Å². The van der Waals surface area contributed by atoms with Crippen LogP contribution in [-0.4, -0.2) is 51.1 Å². The fourth-order valence-electron chi connectivity index (χ4n) is 8.62. The van der Waals surface area contributed by atoms with Crippen molar-refractivity contribution in [1.82, 2.24) is 4.90 Å². The lowest BCUT2D eigenvalue weighted by Crippen LogP contribution is -2.73. The highest BCUT2D eigenvalue weighted by atomic mass is 16.3. The molecule has 1 heterocycles. The minimum absolute atomic E-state index is 0.173. The minimum atomic E-state index is -0.791. The number of piperidine rings is 1. The third-order valence-corrected chi connectivity index (χ3v) is 9.28. The molecule has 3 saturated carbocycles. The molecule has 6 rings (SSSR count). The summed E-state index contributed by atoms with van der Waals surface area (Å²) in [7, 11) is 2.18. The van der Waals surface area contributed by atoms with Crippen molar-refractivity contribution >= 4 is 0 Å². The molecule has 4 fully saturated rings. The van der Waals surface area contributed by atoms with Crippen LogP contribution in [0.4, 0.5) is 0 Å². The van der Waals surface area contributed by atoms with Crippen LogP contribution in [0.25, 0.3) is 0 Å². The van der Waals surface area contributed by atoms with Gasteiger partial charge in [-0.1, -0.05) is 26.3 Å². The Bertz CT molecular complexity index is 839. The number of phenols is 1. The first-order valence-corrected chi connectivity index (χ1v) is 10.7. The molecular formula is C23H31NO3. The number of benzene rings is 1. The second-order valence-electron chi connectivity index (χ2n) is 10.7. The summed E-state index contributed by atoms with van der Waals surface area (Å²) in [6.45, 7) is 4.46. The van der Waals surface area contributed by atoms with Gasteiger partial charge < -0.3 is 15.3 Å². The van der Waals surface area contributed by atoms with Gasteiger partial charge in [-0.05, 0) is 73.7 Å². The van der Waals surface area contributed by atoms with E-state index in [2.05, 4.69) is 31.9 Å². The van der Waals surface area contributed by atoms with Gasteiger partial charge in [0.2, 0.25) is 0 Å². The number of hydrogen-bond acceptors (Lipinski definition) is 4. The Labute approximate surface area is 161 Å². The summed E-state index contributed by atoms with van der Waals surface area (Å²) < 4.78 is 0. The van der Waals surface area contributed by atoms with E-state index in [9.17, 15) is 15.3 Å². The average Bonchev–Trinajstić information content (AvgIpc) is 3.16. The normalized spacial score (nSPS) is 51.4. The van der Waals surface area contributed by atoms with Gasteiger partial charge in [-0.15, -0.1) is 0 Å². The number of aromatic hydroxyl groups is 1. The Morgan fingerprint density at radius 2 is 2.04 bits per heavy atom. The topological polar surface area (TPSA) is 63.9 Å². The zero-order valence-electron chi connectivity index (χ0n) is 16.5. The molecule has 1 saturated heterocycles. The predicted octanol–water partition coefficient (Wildman–Crippen LogP) is 2.44. The smallest absolute Gasteiger partial charge is 0.115 e. The van der Waals surface area contributed by atoms with Crippen LogP contribution in [0.2, 0.25) is 0 Å². The summed E-state index contributed by atoms with van der Waals surface area (Å²) in [5.74, 6) is 1.50. The first-order valence-electron chi connectivity index (χ1n) is 10.7. The van der Waals surface area contributed by atoms with Crippen LogP contribution >= 0.6 is 0 Å². The lowest BCUT2D eigenvalue weighted by molar-refractivity contribution is -0.195. The number of phenolic OH excluding ortho intramolecular Hbond substituents is 1. The van der Waals surface area contributed by atoms with Crippen LogP contribution in [0.5, 0.6) is 5.75 Å². The molecular weight excluding hydrogens is 338 g/mol. The summed E-state index contributed by atoms with van der Waals surface area (Å²) in [6.07, 6.45) is 4.08. The molecule has 2 bridgehead atoms. The van der Waals surface area contributed by atoms with E-state index < -0.39 is 5.60 Å². The molecule has 0 amide bonds.